The molecule has 0 unspecified atom stereocenters. The summed E-state index contributed by atoms with van der Waals surface area (Å²) in [5.74, 6) is 0.0349. The fraction of sp³-hybridized carbons (Fsp3) is 0.200. The largest absolute Gasteiger partial charge is 0.348 e. The van der Waals surface area contributed by atoms with Crippen LogP contribution in [-0.4, -0.2) is 21.8 Å². The van der Waals surface area contributed by atoms with Crippen LogP contribution in [0.1, 0.15) is 16.8 Å². The zero-order chi connectivity index (χ0) is 16.9. The van der Waals surface area contributed by atoms with E-state index in [-0.39, 0.29) is 5.78 Å². The van der Waals surface area contributed by atoms with E-state index < -0.39 is 6.04 Å². The maximum atomic E-state index is 12.3. The zero-order valence-corrected chi connectivity index (χ0v) is 13.7. The number of ketones is 1. The number of Topliss-reactive ketones (excluding diaryl/α,β-unsaturated/α-hetero) is 1. The first-order valence-electron chi connectivity index (χ1n) is 8.03. The van der Waals surface area contributed by atoms with Crippen LogP contribution in [0, 0.1) is 6.92 Å². The molecule has 3 aromatic rings. The van der Waals surface area contributed by atoms with Gasteiger partial charge in [-0.15, -0.1) is 0 Å². The fourth-order valence-corrected chi connectivity index (χ4v) is 2.64. The van der Waals surface area contributed by atoms with Gasteiger partial charge in [0.25, 0.3) is 0 Å². The highest BCUT2D eigenvalue weighted by atomic mass is 16.1. The lowest BCUT2D eigenvalue weighted by molar-refractivity contribution is -0.119. The molecule has 24 heavy (non-hydrogen) atoms. The highest BCUT2D eigenvalue weighted by Crippen LogP contribution is 2.20. The second-order valence-electron chi connectivity index (χ2n) is 6.09. The van der Waals surface area contributed by atoms with Crippen LogP contribution >= 0.6 is 0 Å². The van der Waals surface area contributed by atoms with Gasteiger partial charge in [0.1, 0.15) is 0 Å². The van der Waals surface area contributed by atoms with Gasteiger partial charge in [-0.05, 0) is 23.6 Å². The molecular weight excluding hydrogens is 298 g/mol. The van der Waals surface area contributed by atoms with Gasteiger partial charge in [0.05, 0.1) is 12.4 Å². The van der Waals surface area contributed by atoms with Gasteiger partial charge in [0, 0.05) is 24.7 Å². The van der Waals surface area contributed by atoms with E-state index >= 15 is 0 Å². The van der Waals surface area contributed by atoms with Crippen molar-refractivity contribution in [1.29, 1.82) is 0 Å². The summed E-state index contributed by atoms with van der Waals surface area (Å²) in [6.07, 6.45) is 4.13. The Morgan fingerprint density at radius 3 is 2.29 bits per heavy atom. The minimum atomic E-state index is -0.512. The molecule has 1 heterocycles. The lowest BCUT2D eigenvalue weighted by atomic mass is 9.98. The second kappa shape index (κ2) is 7.23. The quantitative estimate of drug-likeness (QED) is 0.733. The van der Waals surface area contributed by atoms with Crippen molar-refractivity contribution in [3.8, 4) is 11.1 Å². The Labute approximate surface area is 141 Å². The molecule has 2 aromatic carbocycles. The molecule has 0 aliphatic heterocycles. The molecule has 0 saturated heterocycles. The summed E-state index contributed by atoms with van der Waals surface area (Å²) >= 11 is 0. The van der Waals surface area contributed by atoms with E-state index in [0.717, 1.165) is 16.8 Å². The molecule has 3 rings (SSSR count). The van der Waals surface area contributed by atoms with E-state index in [4.69, 9.17) is 5.73 Å². The topological polar surface area (TPSA) is 71.8 Å². The third-order valence-electron chi connectivity index (χ3n) is 4.13. The van der Waals surface area contributed by atoms with Crippen LogP contribution in [0.25, 0.3) is 11.1 Å². The molecule has 0 aliphatic rings. The van der Waals surface area contributed by atoms with Crippen molar-refractivity contribution in [2.24, 2.45) is 5.73 Å². The van der Waals surface area contributed by atoms with Crippen molar-refractivity contribution in [1.82, 2.24) is 9.97 Å². The second-order valence-corrected chi connectivity index (χ2v) is 6.09. The van der Waals surface area contributed by atoms with Crippen molar-refractivity contribution in [3.05, 3.63) is 77.9 Å². The van der Waals surface area contributed by atoms with Gasteiger partial charge in [-0.25, -0.2) is 4.98 Å². The molecule has 4 nitrogen and oxygen atoms in total. The highest BCUT2D eigenvalue weighted by molar-refractivity contribution is 5.86. The van der Waals surface area contributed by atoms with Gasteiger partial charge >= 0.3 is 0 Å². The van der Waals surface area contributed by atoms with E-state index in [1.165, 1.54) is 11.1 Å². The summed E-state index contributed by atoms with van der Waals surface area (Å²) in [5.41, 5.74) is 11.4. The first-order valence-corrected chi connectivity index (χ1v) is 8.03. The standard InChI is InChI=1S/C20H21N3O/c1-14-2-6-16(7-3-14)17-8-4-15(5-9-17)10-20(24)19(21)11-18-12-22-13-23-18/h2-9,12-13,19H,10-11,21H2,1H3,(H,22,23)/t19-/m0/s1. The van der Waals surface area contributed by atoms with Gasteiger partial charge in [-0.3, -0.25) is 4.79 Å². The van der Waals surface area contributed by atoms with E-state index in [1.54, 1.807) is 12.5 Å². The Kier molecular flexibility index (Phi) is 4.87. The van der Waals surface area contributed by atoms with Crippen molar-refractivity contribution in [3.63, 3.8) is 0 Å². The molecule has 0 bridgehead atoms. The summed E-state index contributed by atoms with van der Waals surface area (Å²) in [4.78, 5) is 19.2. The van der Waals surface area contributed by atoms with Crippen molar-refractivity contribution in [2.75, 3.05) is 0 Å². The van der Waals surface area contributed by atoms with Crippen LogP contribution in [-0.2, 0) is 17.6 Å². The minimum Gasteiger partial charge on any atom is -0.348 e. The molecule has 0 radical (unpaired) electrons. The first-order chi connectivity index (χ1) is 11.6. The Morgan fingerprint density at radius 2 is 1.71 bits per heavy atom. The van der Waals surface area contributed by atoms with E-state index in [1.807, 2.05) is 24.3 Å². The number of carbonyl (C=O) groups excluding carboxylic acids is 1. The molecule has 0 spiro atoms. The van der Waals surface area contributed by atoms with Crippen LogP contribution in [0.15, 0.2) is 61.1 Å². The average molecular weight is 319 g/mol. The van der Waals surface area contributed by atoms with Gasteiger partial charge in [-0.1, -0.05) is 54.1 Å². The molecule has 0 saturated carbocycles. The molecule has 1 aromatic heterocycles. The minimum absolute atomic E-state index is 0.0349. The zero-order valence-electron chi connectivity index (χ0n) is 13.7. The Morgan fingerprint density at radius 1 is 1.08 bits per heavy atom. The third-order valence-corrected chi connectivity index (χ3v) is 4.13. The third kappa shape index (κ3) is 3.97. The number of aryl methyl sites for hydroxylation is 1. The number of imidazole rings is 1. The number of benzene rings is 2. The Hall–Kier alpha value is -2.72. The van der Waals surface area contributed by atoms with Gasteiger partial charge in [-0.2, -0.15) is 0 Å². The molecule has 122 valence electrons. The predicted octanol–water partition coefficient (Wildman–Crippen LogP) is 3.07. The van der Waals surface area contributed by atoms with Crippen LogP contribution in [0.4, 0.5) is 0 Å². The molecule has 0 amide bonds. The summed E-state index contributed by atoms with van der Waals surface area (Å²) in [6, 6.07) is 16.0. The number of aromatic nitrogens is 2. The molecule has 0 fully saturated rings. The number of H-pyrrole nitrogens is 1. The molecule has 3 N–H and O–H groups in total. The van der Waals surface area contributed by atoms with Gasteiger partial charge in [0.15, 0.2) is 5.78 Å². The Balaban J connectivity index is 1.63. The summed E-state index contributed by atoms with van der Waals surface area (Å²) < 4.78 is 0. The summed E-state index contributed by atoms with van der Waals surface area (Å²) in [6.45, 7) is 2.07. The van der Waals surface area contributed by atoms with Crippen molar-refractivity contribution in [2.45, 2.75) is 25.8 Å². The van der Waals surface area contributed by atoms with E-state index in [9.17, 15) is 4.79 Å². The Bertz CT molecular complexity index is 790. The summed E-state index contributed by atoms with van der Waals surface area (Å²) in [5, 5.41) is 0. The van der Waals surface area contributed by atoms with Gasteiger partial charge in [0.2, 0.25) is 0 Å². The van der Waals surface area contributed by atoms with E-state index in [0.29, 0.717) is 12.8 Å². The molecular formula is C20H21N3O. The van der Waals surface area contributed by atoms with Crippen LogP contribution in [0.3, 0.4) is 0 Å². The number of nitrogens with zero attached hydrogens (tertiary/aromatic N) is 1. The number of rotatable bonds is 6. The number of carbonyl (C=O) groups is 1. The van der Waals surface area contributed by atoms with Crippen molar-refractivity contribution >= 4 is 5.78 Å². The van der Waals surface area contributed by atoms with E-state index in [2.05, 4.69) is 41.2 Å². The lowest BCUT2D eigenvalue weighted by Gasteiger charge is -2.10. The maximum absolute atomic E-state index is 12.3. The van der Waals surface area contributed by atoms with Gasteiger partial charge < -0.3 is 10.7 Å². The molecule has 1 atom stereocenters. The molecule has 4 heteroatoms. The monoisotopic (exact) mass is 319 g/mol. The number of nitrogens with two attached hydrogens (primary N) is 1. The number of nitrogens with one attached hydrogen (secondary N) is 1. The highest BCUT2D eigenvalue weighted by Gasteiger charge is 2.15. The normalized spacial score (nSPS) is 12.1. The maximum Gasteiger partial charge on any atom is 0.154 e. The van der Waals surface area contributed by atoms with Crippen molar-refractivity contribution < 1.29 is 4.79 Å². The first kappa shape index (κ1) is 16.1. The number of aromatic amines is 1. The van der Waals surface area contributed by atoms with Crippen LogP contribution in [0.5, 0.6) is 0 Å². The van der Waals surface area contributed by atoms with Crippen LogP contribution < -0.4 is 5.73 Å². The van der Waals surface area contributed by atoms with Crippen LogP contribution in [0.2, 0.25) is 0 Å². The average Bonchev–Trinajstić information content (AvgIpc) is 3.09. The number of hydrogen-bond acceptors (Lipinski definition) is 3. The fourth-order valence-electron chi connectivity index (χ4n) is 2.64. The number of hydrogen-bond donors (Lipinski definition) is 2. The smallest absolute Gasteiger partial charge is 0.154 e. The lowest BCUT2D eigenvalue weighted by Crippen LogP contribution is -2.34. The summed E-state index contributed by atoms with van der Waals surface area (Å²) in [7, 11) is 0. The molecule has 0 aliphatic carbocycles. The SMILES string of the molecule is Cc1ccc(-c2ccc(CC(=O)[C@@H](N)Cc3cnc[nH]3)cc2)cc1. The predicted molar refractivity (Wildman–Crippen MR) is 95.6 cm³/mol.